The third kappa shape index (κ3) is 3.54. The van der Waals surface area contributed by atoms with Gasteiger partial charge in [-0.3, -0.25) is 0 Å². The second-order valence-electron chi connectivity index (χ2n) is 8.87. The summed E-state index contributed by atoms with van der Waals surface area (Å²) in [6, 6.07) is 44.6. The van der Waals surface area contributed by atoms with Crippen molar-refractivity contribution in [3.63, 3.8) is 0 Å². The smallest absolute Gasteiger partial charge is 0.331 e. The van der Waals surface area contributed by atoms with E-state index in [1.807, 2.05) is 5.80 Å². The molecule has 0 atom stereocenters. The molecule has 0 aliphatic rings. The van der Waals surface area contributed by atoms with Crippen molar-refractivity contribution in [2.45, 2.75) is 0 Å². The van der Waals surface area contributed by atoms with Crippen molar-refractivity contribution in [2.75, 3.05) is 7.11 Å². The van der Waals surface area contributed by atoms with Crippen LogP contribution in [0.3, 0.4) is 0 Å². The molecule has 0 saturated carbocycles. The zero-order chi connectivity index (χ0) is 24.5. The van der Waals surface area contributed by atoms with Gasteiger partial charge in [0.25, 0.3) is 0 Å². The Bertz CT molecular complexity index is 1600. The van der Waals surface area contributed by atoms with Crippen LogP contribution in [-0.4, -0.2) is 18.9 Å². The van der Waals surface area contributed by atoms with Crippen LogP contribution in [0.1, 0.15) is 0 Å². The maximum absolute atomic E-state index is 13.3. The Morgan fingerprint density at radius 3 is 1.22 bits per heavy atom. The molecule has 0 amide bonds. The highest BCUT2D eigenvalue weighted by Crippen LogP contribution is 2.49. The standard InChI is InChI=1S/C33H25O2P/c1-35-33(34)23-36(30-20-8-14-24-11-2-5-17-27(24)30,31-21-9-15-25-12-3-6-18-28(25)31)32-22-10-16-26-13-4-7-19-29(26)32/h2-23H,1H3. The van der Waals surface area contributed by atoms with E-state index in [2.05, 4.69) is 127 Å². The number of esters is 1. The van der Waals surface area contributed by atoms with Crippen molar-refractivity contribution >= 4 is 66.9 Å². The van der Waals surface area contributed by atoms with Gasteiger partial charge in [-0.2, -0.15) is 0 Å². The molecule has 3 heteroatoms. The minimum absolute atomic E-state index is 0.322. The molecule has 0 spiro atoms. The molecule has 0 saturated heterocycles. The van der Waals surface area contributed by atoms with Crippen molar-refractivity contribution in [3.05, 3.63) is 127 Å². The zero-order valence-corrected chi connectivity index (χ0v) is 20.9. The summed E-state index contributed by atoms with van der Waals surface area (Å²) >= 11 is 0. The van der Waals surface area contributed by atoms with Gasteiger partial charge in [-0.05, 0) is 55.1 Å². The zero-order valence-electron chi connectivity index (χ0n) is 20.0. The summed E-state index contributed by atoms with van der Waals surface area (Å²) in [4.78, 5) is 13.3. The topological polar surface area (TPSA) is 26.3 Å². The Morgan fingerprint density at radius 1 is 0.528 bits per heavy atom. The summed E-state index contributed by atoms with van der Waals surface area (Å²) in [5, 5.41) is 10.4. The van der Waals surface area contributed by atoms with Crippen molar-refractivity contribution < 1.29 is 9.53 Å². The predicted octanol–water partition coefficient (Wildman–Crippen LogP) is 6.42. The summed E-state index contributed by atoms with van der Waals surface area (Å²) < 4.78 is 5.34. The first-order valence-electron chi connectivity index (χ1n) is 12.0. The van der Waals surface area contributed by atoms with Crippen LogP contribution >= 0.6 is 6.89 Å². The molecule has 0 aliphatic carbocycles. The summed E-state index contributed by atoms with van der Waals surface area (Å²) in [5.74, 6) is 1.55. The average Bonchev–Trinajstić information content (AvgIpc) is 2.95. The normalized spacial score (nSPS) is 11.6. The maximum atomic E-state index is 13.3. The Hall–Kier alpha value is -4.13. The number of hydrogen-bond acceptors (Lipinski definition) is 2. The minimum Gasteiger partial charge on any atom is -0.466 e. The highest BCUT2D eigenvalue weighted by Gasteiger charge is 2.31. The number of fused-ring (bicyclic) bond motifs is 3. The fraction of sp³-hybridized carbons (Fsp3) is 0.0303. The second kappa shape index (κ2) is 9.15. The average molecular weight is 485 g/mol. The van der Waals surface area contributed by atoms with E-state index < -0.39 is 6.89 Å². The lowest BCUT2D eigenvalue weighted by atomic mass is 10.1. The highest BCUT2D eigenvalue weighted by molar-refractivity contribution is 7.96. The lowest BCUT2D eigenvalue weighted by Gasteiger charge is -2.31. The first-order valence-corrected chi connectivity index (χ1v) is 13.9. The first kappa shape index (κ1) is 22.3. The van der Waals surface area contributed by atoms with Crippen molar-refractivity contribution in [1.29, 1.82) is 0 Å². The van der Waals surface area contributed by atoms with Gasteiger partial charge in [-0.25, -0.2) is 4.79 Å². The third-order valence-electron chi connectivity index (χ3n) is 6.94. The molecule has 174 valence electrons. The van der Waals surface area contributed by atoms with Crippen LogP contribution in [0.25, 0.3) is 32.3 Å². The van der Waals surface area contributed by atoms with E-state index in [1.165, 1.54) is 7.11 Å². The highest BCUT2D eigenvalue weighted by atomic mass is 31.2. The molecule has 6 aromatic carbocycles. The number of carbonyl (C=O) groups excluding carboxylic acids is 1. The summed E-state index contributed by atoms with van der Waals surface area (Å²) in [7, 11) is 1.46. The number of benzene rings is 6. The molecule has 0 radical (unpaired) electrons. The van der Waals surface area contributed by atoms with E-state index in [1.54, 1.807) is 0 Å². The van der Waals surface area contributed by atoms with E-state index >= 15 is 0 Å². The van der Waals surface area contributed by atoms with Crippen LogP contribution < -0.4 is 15.9 Å². The van der Waals surface area contributed by atoms with E-state index in [-0.39, 0.29) is 5.97 Å². The SMILES string of the molecule is COC(=O)C=P(c1cccc2ccccc12)(c1cccc2ccccc12)c1cccc2ccccc12. The molecular formula is C33H25O2P. The van der Waals surface area contributed by atoms with Crippen LogP contribution in [-0.2, 0) is 9.53 Å². The van der Waals surface area contributed by atoms with Gasteiger partial charge in [0.15, 0.2) is 0 Å². The Kier molecular flexibility index (Phi) is 5.68. The van der Waals surface area contributed by atoms with Gasteiger partial charge in [0.05, 0.1) is 7.11 Å². The van der Waals surface area contributed by atoms with Gasteiger partial charge in [-0.1, -0.05) is 127 Å². The van der Waals surface area contributed by atoms with E-state index in [4.69, 9.17) is 4.74 Å². The van der Waals surface area contributed by atoms with E-state index in [9.17, 15) is 4.79 Å². The summed E-state index contributed by atoms with van der Waals surface area (Å²) in [6.07, 6.45) is 0. The van der Waals surface area contributed by atoms with E-state index in [0.717, 1.165) is 48.2 Å². The van der Waals surface area contributed by atoms with Crippen LogP contribution in [0, 0.1) is 0 Å². The fourth-order valence-corrected chi connectivity index (χ4v) is 9.69. The summed E-state index contributed by atoms with van der Waals surface area (Å²) in [5.41, 5.74) is 0. The van der Waals surface area contributed by atoms with Crippen molar-refractivity contribution in [1.82, 2.24) is 0 Å². The van der Waals surface area contributed by atoms with Gasteiger partial charge < -0.3 is 4.74 Å². The molecule has 36 heavy (non-hydrogen) atoms. The molecule has 6 aromatic rings. The van der Waals surface area contributed by atoms with Gasteiger partial charge in [0, 0.05) is 5.80 Å². The van der Waals surface area contributed by atoms with Gasteiger partial charge in [0.2, 0.25) is 0 Å². The number of carbonyl (C=O) groups is 1. The van der Waals surface area contributed by atoms with Gasteiger partial charge in [-0.15, -0.1) is 0 Å². The molecule has 0 unspecified atom stereocenters. The molecule has 0 fully saturated rings. The fourth-order valence-electron chi connectivity index (χ4n) is 5.36. The monoisotopic (exact) mass is 484 g/mol. The van der Waals surface area contributed by atoms with Crippen LogP contribution in [0.2, 0.25) is 0 Å². The number of hydrogen-bond donors (Lipinski definition) is 0. The Morgan fingerprint density at radius 2 is 0.861 bits per heavy atom. The molecule has 0 aromatic heterocycles. The molecule has 0 aliphatic heterocycles. The third-order valence-corrected chi connectivity index (χ3v) is 11.0. The van der Waals surface area contributed by atoms with Gasteiger partial charge >= 0.3 is 5.97 Å². The Labute approximate surface area is 210 Å². The number of rotatable bonds is 4. The van der Waals surface area contributed by atoms with Crippen LogP contribution in [0.4, 0.5) is 0 Å². The number of ether oxygens (including phenoxy) is 1. The lowest BCUT2D eigenvalue weighted by molar-refractivity contribution is -0.132. The van der Waals surface area contributed by atoms with Crippen LogP contribution in [0.15, 0.2) is 127 Å². The minimum atomic E-state index is -2.66. The molecule has 0 bridgehead atoms. The summed E-state index contributed by atoms with van der Waals surface area (Å²) in [6.45, 7) is -2.66. The predicted molar refractivity (Wildman–Crippen MR) is 156 cm³/mol. The lowest BCUT2D eigenvalue weighted by Crippen LogP contribution is -2.30. The van der Waals surface area contributed by atoms with Crippen molar-refractivity contribution in [3.8, 4) is 0 Å². The van der Waals surface area contributed by atoms with E-state index in [0.29, 0.717) is 0 Å². The number of methoxy groups -OCH3 is 1. The second-order valence-corrected chi connectivity index (χ2v) is 12.0. The Balaban J connectivity index is 1.91. The van der Waals surface area contributed by atoms with Crippen LogP contribution in [0.5, 0.6) is 0 Å². The molecule has 0 N–H and O–H groups in total. The molecule has 6 rings (SSSR count). The quantitative estimate of drug-likeness (QED) is 0.213. The molecule has 2 nitrogen and oxygen atoms in total. The molecular weight excluding hydrogens is 459 g/mol. The molecule has 0 heterocycles. The van der Waals surface area contributed by atoms with Gasteiger partial charge in [0.1, 0.15) is 0 Å². The largest absolute Gasteiger partial charge is 0.466 e. The maximum Gasteiger partial charge on any atom is 0.331 e. The first-order chi connectivity index (χ1) is 17.7. The van der Waals surface area contributed by atoms with Crippen molar-refractivity contribution in [2.24, 2.45) is 0 Å².